The molecule has 1 aliphatic rings. The van der Waals surface area contributed by atoms with E-state index in [0.29, 0.717) is 54.9 Å². The van der Waals surface area contributed by atoms with Gasteiger partial charge in [-0.25, -0.2) is 9.97 Å². The number of nitrogens with one attached hydrogen (secondary N) is 5. The van der Waals surface area contributed by atoms with Crippen LogP contribution in [-0.2, 0) is 37.6 Å². The Bertz CT molecular complexity index is 2720. The Morgan fingerprint density at radius 1 is 0.944 bits per heavy atom. The number of aryl methyl sites for hydroxylation is 2. The van der Waals surface area contributed by atoms with Gasteiger partial charge in [-0.2, -0.15) is 5.10 Å². The lowest BCUT2D eigenvalue weighted by atomic mass is 9.70. The largest absolute Gasteiger partial charge is 0.494 e. The molecule has 1 unspecified atom stereocenters. The Morgan fingerprint density at radius 3 is 2.33 bits per heavy atom. The predicted molar refractivity (Wildman–Crippen MR) is 272 cm³/mol. The zero-order valence-corrected chi connectivity index (χ0v) is 42.6. The van der Waals surface area contributed by atoms with Crippen molar-refractivity contribution in [1.82, 2.24) is 50.8 Å². The molecule has 1 saturated heterocycles. The number of unbranched alkanes of at least 4 members (excludes halogenated alkanes) is 4. The average Bonchev–Trinajstić information content (AvgIpc) is 4.10. The molecule has 8 N–H and O–H groups in total. The van der Waals surface area contributed by atoms with E-state index in [1.807, 2.05) is 52.0 Å². The van der Waals surface area contributed by atoms with Crippen molar-refractivity contribution < 1.29 is 38.6 Å². The van der Waals surface area contributed by atoms with Gasteiger partial charge in [-0.05, 0) is 48.4 Å². The van der Waals surface area contributed by atoms with Gasteiger partial charge >= 0.3 is 0 Å². The maximum absolute atomic E-state index is 14.4. The minimum atomic E-state index is -0.909. The van der Waals surface area contributed by atoms with Crippen LogP contribution in [0.15, 0.2) is 60.4 Å². The van der Waals surface area contributed by atoms with Crippen LogP contribution in [0.2, 0.25) is 0 Å². The van der Waals surface area contributed by atoms with Crippen molar-refractivity contribution in [2.45, 2.75) is 97.8 Å². The van der Waals surface area contributed by atoms with Gasteiger partial charge in [-0.15, -0.1) is 21.5 Å². The predicted octanol–water partition coefficient (Wildman–Crippen LogP) is 4.64. The van der Waals surface area contributed by atoms with Gasteiger partial charge in [-0.3, -0.25) is 33.4 Å². The van der Waals surface area contributed by atoms with Crippen molar-refractivity contribution in [3.63, 3.8) is 0 Å². The first kappa shape index (κ1) is 54.0. The fourth-order valence-electron chi connectivity index (χ4n) is 8.87. The minimum Gasteiger partial charge on any atom is -0.494 e. The second-order valence-corrected chi connectivity index (χ2v) is 19.7. The van der Waals surface area contributed by atoms with Crippen LogP contribution in [-0.4, -0.2) is 115 Å². The van der Waals surface area contributed by atoms with E-state index in [1.54, 1.807) is 53.1 Å². The third kappa shape index (κ3) is 14.0. The molecule has 5 aromatic rings. The Hall–Kier alpha value is -7.33. The van der Waals surface area contributed by atoms with E-state index in [9.17, 15) is 33.9 Å². The van der Waals surface area contributed by atoms with Gasteiger partial charge in [0.2, 0.25) is 29.5 Å². The number of thiazole rings is 1. The zero-order valence-electron chi connectivity index (χ0n) is 41.8. The maximum Gasteiger partial charge on any atom is 0.273 e. The highest BCUT2D eigenvalue weighted by Gasteiger charge is 2.47. The summed E-state index contributed by atoms with van der Waals surface area (Å²) < 4.78 is 7.25. The second-order valence-electron chi connectivity index (χ2n) is 18.9. The molecule has 4 heterocycles. The standard InChI is InChI=1S/C50H65N13O8S/c1-29-44(72-28-56-29)31-20-18-30(19-21-31)24-54-47(68)37-22-32(64)26-63(37)49(70)41(50(2,3)4)33(45(51)67)14-11-9-8-10-12-17-39(65)53-25-40(66)58-38-23-36(42(60-59-38)48(69)52-5)57-35-16-13-15-34(43(35)71-7)46-55-27-62(6)61-46/h13,15-16,18-21,23,27-28,32-33,37,41,64H,8-12,14,17,22,24-26H2,1-7H3,(H2,51,67)(H,52,69)(H,53,65)(H,54,68)(H2,57,58,59,66)/t32-,33?,37+,41-/m1/s1. The number of carbonyl (C=O) groups excluding carboxylic acids is 6. The summed E-state index contributed by atoms with van der Waals surface area (Å²) in [5.41, 5.74) is 11.2. The van der Waals surface area contributed by atoms with Gasteiger partial charge in [0.1, 0.15) is 12.4 Å². The number of nitrogens with two attached hydrogens (primary N) is 1. The van der Waals surface area contributed by atoms with E-state index >= 15 is 0 Å². The molecule has 1 fully saturated rings. The normalized spacial score (nSPS) is 15.3. The molecule has 72 heavy (non-hydrogen) atoms. The quantitative estimate of drug-likeness (QED) is 0.0439. The third-order valence-corrected chi connectivity index (χ3v) is 13.4. The van der Waals surface area contributed by atoms with E-state index in [1.165, 1.54) is 25.1 Å². The average molecular weight is 1010 g/mol. The number of nitrogens with zero attached hydrogens (tertiary/aromatic N) is 7. The summed E-state index contributed by atoms with van der Waals surface area (Å²) in [7, 11) is 4.69. The summed E-state index contributed by atoms with van der Waals surface area (Å²) in [6.07, 6.45) is 4.59. The Labute approximate surface area is 422 Å². The summed E-state index contributed by atoms with van der Waals surface area (Å²) in [5, 5.41) is 36.9. The van der Waals surface area contributed by atoms with Crippen LogP contribution in [0.5, 0.6) is 5.75 Å². The van der Waals surface area contributed by atoms with E-state index in [-0.39, 0.29) is 61.5 Å². The van der Waals surface area contributed by atoms with Crippen LogP contribution < -0.4 is 37.1 Å². The van der Waals surface area contributed by atoms with E-state index in [0.717, 1.165) is 28.1 Å². The first-order valence-corrected chi connectivity index (χ1v) is 24.8. The summed E-state index contributed by atoms with van der Waals surface area (Å²) in [6.45, 7) is 7.44. The number of ether oxygens (including phenoxy) is 1. The molecule has 21 nitrogen and oxygen atoms in total. The number of β-amino-alcohol motifs (C(OH)–C–C–N with tert-alkyl or cyclic N) is 1. The fraction of sp³-hybridized carbons (Fsp3) is 0.460. The van der Waals surface area contributed by atoms with Gasteiger partial charge in [-0.1, -0.05) is 76.8 Å². The SMILES string of the molecule is CNC(=O)c1nnc(NC(=O)CNC(=O)CCCCCCCC(C(N)=O)[C@H](C(=O)N2C[C@H](O)C[C@H]2C(=O)NCc2ccc(-c3scnc3C)cc2)C(C)(C)C)cc1Nc1cccc(-c2ncn(C)n2)c1OC. The maximum atomic E-state index is 14.4. The highest BCUT2D eigenvalue weighted by molar-refractivity contribution is 7.13. The molecular formula is C50H65N13O8S. The van der Waals surface area contributed by atoms with Crippen molar-refractivity contribution in [1.29, 1.82) is 0 Å². The number of aromatic nitrogens is 6. The van der Waals surface area contributed by atoms with Crippen molar-refractivity contribution in [2.75, 3.05) is 37.9 Å². The lowest BCUT2D eigenvalue weighted by Crippen LogP contribution is -2.52. The number of likely N-dealkylation sites (tertiary alicyclic amines) is 1. The highest BCUT2D eigenvalue weighted by Crippen LogP contribution is 2.39. The molecule has 0 aliphatic carbocycles. The number of methoxy groups -OCH3 is 1. The number of amides is 6. The number of aliphatic hydroxyl groups excluding tert-OH is 1. The van der Waals surface area contributed by atoms with Gasteiger partial charge < -0.3 is 47.1 Å². The first-order chi connectivity index (χ1) is 34.4. The van der Waals surface area contributed by atoms with Crippen LogP contribution in [0.3, 0.4) is 0 Å². The van der Waals surface area contributed by atoms with Crippen molar-refractivity contribution >= 4 is 64.0 Å². The molecule has 1 aliphatic heterocycles. The molecule has 6 amide bonds. The number of anilines is 3. The highest BCUT2D eigenvalue weighted by atomic mass is 32.1. The Morgan fingerprint density at radius 2 is 1.68 bits per heavy atom. The molecular weight excluding hydrogens is 943 g/mol. The number of primary amides is 1. The van der Waals surface area contributed by atoms with E-state index in [4.69, 9.17) is 10.5 Å². The molecule has 4 atom stereocenters. The van der Waals surface area contributed by atoms with E-state index in [2.05, 4.69) is 51.8 Å². The van der Waals surface area contributed by atoms with Crippen molar-refractivity contribution in [3.05, 3.63) is 77.3 Å². The summed E-state index contributed by atoms with van der Waals surface area (Å²) in [4.78, 5) is 90.5. The molecule has 22 heteroatoms. The molecule has 2 aromatic carbocycles. The monoisotopic (exact) mass is 1010 g/mol. The first-order valence-electron chi connectivity index (χ1n) is 23.9. The number of aliphatic hydroxyl groups is 1. The summed E-state index contributed by atoms with van der Waals surface area (Å²) >= 11 is 1.56. The van der Waals surface area contributed by atoms with Crippen molar-refractivity contribution in [2.24, 2.45) is 30.0 Å². The van der Waals surface area contributed by atoms with Gasteiger partial charge in [0.05, 0.1) is 58.7 Å². The number of rotatable bonds is 23. The summed E-state index contributed by atoms with van der Waals surface area (Å²) in [6, 6.07) is 13.7. The van der Waals surface area contributed by atoms with Gasteiger partial charge in [0.15, 0.2) is 23.1 Å². The fourth-order valence-corrected chi connectivity index (χ4v) is 9.68. The number of hydrogen-bond acceptors (Lipinski definition) is 15. The zero-order chi connectivity index (χ0) is 52.1. The Balaban J connectivity index is 0.946. The van der Waals surface area contributed by atoms with E-state index < -0.39 is 53.0 Å². The number of hydrogen-bond donors (Lipinski definition) is 7. The lowest BCUT2D eigenvalue weighted by molar-refractivity contribution is -0.149. The second kappa shape index (κ2) is 24.7. The van der Waals surface area contributed by atoms with Crippen LogP contribution >= 0.6 is 11.3 Å². The lowest BCUT2D eigenvalue weighted by Gasteiger charge is -2.38. The summed E-state index contributed by atoms with van der Waals surface area (Å²) in [5.74, 6) is -3.57. The third-order valence-electron chi connectivity index (χ3n) is 12.5. The topological polar surface area (TPSA) is 291 Å². The molecule has 0 bridgehead atoms. The molecule has 384 valence electrons. The van der Waals surface area contributed by atoms with Gasteiger partial charge in [0.25, 0.3) is 5.91 Å². The molecule has 6 rings (SSSR count). The number of carbonyl (C=O) groups is 6. The van der Waals surface area contributed by atoms with Gasteiger partial charge in [0, 0.05) is 52.0 Å². The van der Waals surface area contributed by atoms with Crippen LogP contribution in [0.25, 0.3) is 21.8 Å². The van der Waals surface area contributed by atoms with Crippen molar-refractivity contribution in [3.8, 4) is 27.6 Å². The van der Waals surface area contributed by atoms with Crippen LogP contribution in [0.4, 0.5) is 17.2 Å². The molecule has 3 aromatic heterocycles. The van der Waals surface area contributed by atoms with Crippen LogP contribution in [0.1, 0.15) is 93.9 Å². The van der Waals surface area contributed by atoms with Crippen LogP contribution in [0, 0.1) is 24.2 Å². The molecule has 0 saturated carbocycles. The number of benzene rings is 2. The minimum absolute atomic E-state index is 0.0289. The smallest absolute Gasteiger partial charge is 0.273 e. The number of para-hydroxylation sites is 1. The molecule has 0 radical (unpaired) electrons. The molecule has 0 spiro atoms. The Kier molecular flexibility index (Phi) is 18.5.